The maximum atomic E-state index is 12.6. The lowest BCUT2D eigenvalue weighted by Gasteiger charge is -2.60. The fourth-order valence-corrected chi connectivity index (χ4v) is 12.9. The van der Waals surface area contributed by atoms with Crippen molar-refractivity contribution in [2.75, 3.05) is 67.4 Å². The first kappa shape index (κ1) is 35.1. The maximum Gasteiger partial charge on any atom is 0.409 e. The first-order valence-corrected chi connectivity index (χ1v) is 20.2. The van der Waals surface area contributed by atoms with Gasteiger partial charge in [0.1, 0.15) is 0 Å². The second-order valence-corrected chi connectivity index (χ2v) is 16.7. The molecule has 2 aromatic rings. The first-order chi connectivity index (χ1) is 26.3. The molecule has 8 unspecified atom stereocenters. The van der Waals surface area contributed by atoms with E-state index in [1.807, 2.05) is 24.0 Å². The summed E-state index contributed by atoms with van der Waals surface area (Å²) >= 11 is 0. The molecule has 12 heteroatoms. The summed E-state index contributed by atoms with van der Waals surface area (Å²) in [6.45, 7) is 8.58. The lowest BCUT2D eigenvalue weighted by atomic mass is 9.50. The van der Waals surface area contributed by atoms with Crippen LogP contribution in [0.4, 0.5) is 4.79 Å². The minimum absolute atomic E-state index is 0.0111. The van der Waals surface area contributed by atoms with Gasteiger partial charge in [-0.3, -0.25) is 0 Å². The molecule has 9 aliphatic rings. The molecule has 54 heavy (non-hydrogen) atoms. The van der Waals surface area contributed by atoms with Gasteiger partial charge in [-0.25, -0.2) is 4.79 Å². The van der Waals surface area contributed by atoms with Gasteiger partial charge in [0.25, 0.3) is 0 Å². The van der Waals surface area contributed by atoms with Crippen molar-refractivity contribution in [3.63, 3.8) is 0 Å². The third-order valence-electron chi connectivity index (χ3n) is 15.0. The van der Waals surface area contributed by atoms with Gasteiger partial charge in [-0.2, -0.15) is 0 Å². The molecular formula is C42H54N2O10. The Kier molecular flexibility index (Phi) is 8.21. The van der Waals surface area contributed by atoms with Crippen molar-refractivity contribution in [1.29, 1.82) is 0 Å². The average molecular weight is 747 g/mol. The molecule has 3 aliphatic carbocycles. The molecule has 0 N–H and O–H groups in total. The highest BCUT2D eigenvalue weighted by molar-refractivity contribution is 5.69. The molecule has 6 heterocycles. The summed E-state index contributed by atoms with van der Waals surface area (Å²) in [6.07, 6.45) is 6.18. The van der Waals surface area contributed by atoms with Gasteiger partial charge < -0.3 is 52.4 Å². The average Bonchev–Trinajstić information content (AvgIpc) is 3.99. The van der Waals surface area contributed by atoms with Crippen LogP contribution in [-0.2, 0) is 40.9 Å². The largest absolute Gasteiger partial charge is 0.493 e. The zero-order chi connectivity index (χ0) is 37.0. The highest BCUT2D eigenvalue weighted by Crippen LogP contribution is 2.67. The number of piperidine rings is 2. The van der Waals surface area contributed by atoms with Crippen molar-refractivity contribution in [2.45, 2.75) is 105 Å². The third-order valence-corrected chi connectivity index (χ3v) is 15.0. The summed E-state index contributed by atoms with van der Waals surface area (Å²) in [5.41, 5.74) is 3.72. The second kappa shape index (κ2) is 12.6. The summed E-state index contributed by atoms with van der Waals surface area (Å²) in [6, 6.07) is 11.0. The third kappa shape index (κ3) is 4.51. The molecule has 11 rings (SSSR count). The smallest absolute Gasteiger partial charge is 0.409 e. The van der Waals surface area contributed by atoms with Gasteiger partial charge in [-0.05, 0) is 89.1 Å². The topological polar surface area (TPSA) is 107 Å². The number of likely N-dealkylation sites (N-methyl/N-ethyl adjacent to an activating group) is 1. The SMILES string of the molecule is CCOC(=O)N1CCC23c4cccc(OC)c4OC2C2(CCC3C1C)OCCO2.COc1ccc2c3c1OC1C4(CCC5C(C2)N(C)CCC351)OCCO4. The summed E-state index contributed by atoms with van der Waals surface area (Å²) in [7, 11) is 5.68. The summed E-state index contributed by atoms with van der Waals surface area (Å²) in [5, 5.41) is 0. The fourth-order valence-electron chi connectivity index (χ4n) is 12.9. The van der Waals surface area contributed by atoms with Crippen molar-refractivity contribution in [3.8, 4) is 23.0 Å². The van der Waals surface area contributed by atoms with E-state index in [2.05, 4.69) is 37.1 Å². The number of hydrogen-bond donors (Lipinski definition) is 0. The van der Waals surface area contributed by atoms with Crippen molar-refractivity contribution in [2.24, 2.45) is 11.8 Å². The van der Waals surface area contributed by atoms with Crippen LogP contribution in [-0.4, -0.2) is 119 Å². The fraction of sp³-hybridized carbons (Fsp3) is 0.690. The van der Waals surface area contributed by atoms with E-state index in [1.54, 1.807) is 14.2 Å². The lowest BCUT2D eigenvalue weighted by molar-refractivity contribution is -0.260. The Morgan fingerprint density at radius 3 is 2.11 bits per heavy atom. The van der Waals surface area contributed by atoms with Crippen LogP contribution in [0.3, 0.4) is 0 Å². The molecule has 6 fully saturated rings. The summed E-state index contributed by atoms with van der Waals surface area (Å²) in [5.74, 6) is 2.86. The Bertz CT molecular complexity index is 1810. The number of carbonyl (C=O) groups excluding carboxylic acids is 1. The van der Waals surface area contributed by atoms with Crippen LogP contribution in [0.25, 0.3) is 0 Å². The number of methoxy groups -OCH3 is 2. The van der Waals surface area contributed by atoms with Crippen molar-refractivity contribution in [3.05, 3.63) is 47.0 Å². The van der Waals surface area contributed by atoms with E-state index in [1.165, 1.54) is 11.1 Å². The molecule has 8 atom stereocenters. The predicted molar refractivity (Wildman–Crippen MR) is 195 cm³/mol. The van der Waals surface area contributed by atoms with Crippen LogP contribution >= 0.6 is 0 Å². The lowest BCUT2D eigenvalue weighted by Crippen LogP contribution is -2.69. The zero-order valence-corrected chi connectivity index (χ0v) is 32.2. The summed E-state index contributed by atoms with van der Waals surface area (Å²) < 4.78 is 54.7. The van der Waals surface area contributed by atoms with Crippen LogP contribution in [0.2, 0.25) is 0 Å². The Morgan fingerprint density at radius 1 is 0.796 bits per heavy atom. The number of hydrogen-bond acceptors (Lipinski definition) is 11. The van der Waals surface area contributed by atoms with Gasteiger partial charge in [0, 0.05) is 53.4 Å². The highest BCUT2D eigenvalue weighted by Gasteiger charge is 2.72. The van der Waals surface area contributed by atoms with Crippen molar-refractivity contribution >= 4 is 6.09 Å². The second-order valence-electron chi connectivity index (χ2n) is 16.7. The standard InChI is InChI=1S/C22H29NO6.C20H25NO4/c1-4-26-20(24)23-11-10-21-15(14(23)2)8-9-22(27-12-13-28-22)19(21)29-18-16(21)6-5-7-17(18)25-3;1-21-8-7-19-13-5-6-20(23-9-10-24-20)18(19)25-17-15(22-2)4-3-12(16(17)19)11-14(13)21/h5-7,14-15,19H,4,8-13H2,1-3H3;3-4,13-14,18H,5-11H2,1-2H3. The zero-order valence-electron chi connectivity index (χ0n) is 32.2. The number of rotatable bonds is 3. The van der Waals surface area contributed by atoms with Gasteiger partial charge in [0.2, 0.25) is 11.6 Å². The first-order valence-electron chi connectivity index (χ1n) is 20.2. The number of amides is 1. The van der Waals surface area contributed by atoms with Gasteiger partial charge in [-0.15, -0.1) is 0 Å². The van der Waals surface area contributed by atoms with Crippen molar-refractivity contribution < 1.29 is 47.4 Å². The molecule has 292 valence electrons. The normalized spacial score (nSPS) is 36.9. The molecule has 2 aromatic carbocycles. The number of fused-ring (bicyclic) bond motifs is 3. The van der Waals surface area contributed by atoms with Gasteiger partial charge in [0.05, 0.1) is 47.3 Å². The Hall–Kier alpha value is -3.29. The quantitative estimate of drug-likeness (QED) is 0.414. The molecule has 0 radical (unpaired) electrons. The van der Waals surface area contributed by atoms with Crippen molar-refractivity contribution in [1.82, 2.24) is 9.80 Å². The van der Waals surface area contributed by atoms with E-state index >= 15 is 0 Å². The minimum Gasteiger partial charge on any atom is -0.493 e. The van der Waals surface area contributed by atoms with Crippen LogP contribution < -0.4 is 18.9 Å². The van der Waals surface area contributed by atoms with Crippen LogP contribution in [0.1, 0.15) is 69.1 Å². The van der Waals surface area contributed by atoms with Crippen LogP contribution in [0, 0.1) is 11.8 Å². The Labute approximate surface area is 317 Å². The monoisotopic (exact) mass is 746 g/mol. The molecule has 4 spiro atoms. The highest BCUT2D eigenvalue weighted by atomic mass is 16.8. The van der Waals surface area contributed by atoms with Crippen LogP contribution in [0.15, 0.2) is 30.3 Å². The Morgan fingerprint density at radius 2 is 1.43 bits per heavy atom. The maximum absolute atomic E-state index is 12.6. The van der Waals surface area contributed by atoms with E-state index in [4.69, 9.17) is 42.6 Å². The number of benzene rings is 2. The predicted octanol–water partition coefficient (Wildman–Crippen LogP) is 5.21. The number of carbonyl (C=O) groups is 1. The molecule has 0 aromatic heterocycles. The molecule has 4 saturated heterocycles. The molecular weight excluding hydrogens is 692 g/mol. The molecule has 1 amide bonds. The number of nitrogens with zero attached hydrogens (tertiary/aromatic N) is 2. The number of para-hydroxylation sites is 1. The molecule has 6 aliphatic heterocycles. The van der Waals surface area contributed by atoms with Crippen LogP contribution in [0.5, 0.6) is 23.0 Å². The van der Waals surface area contributed by atoms with E-state index in [0.717, 1.165) is 80.1 Å². The molecule has 12 nitrogen and oxygen atoms in total. The van der Waals surface area contributed by atoms with E-state index in [-0.39, 0.29) is 41.1 Å². The van der Waals surface area contributed by atoms with Gasteiger partial charge in [-0.1, -0.05) is 18.2 Å². The van der Waals surface area contributed by atoms with E-state index < -0.39 is 11.6 Å². The molecule has 2 bridgehead atoms. The number of ether oxygens (including phenoxy) is 9. The van der Waals surface area contributed by atoms with E-state index in [9.17, 15) is 4.79 Å². The van der Waals surface area contributed by atoms with E-state index in [0.29, 0.717) is 51.5 Å². The van der Waals surface area contributed by atoms with Gasteiger partial charge in [0.15, 0.2) is 35.2 Å². The minimum atomic E-state index is -0.730. The molecule has 2 saturated carbocycles. The Balaban J connectivity index is 0.000000135. The number of likely N-dealkylation sites (tertiary alicyclic amines) is 2. The summed E-state index contributed by atoms with van der Waals surface area (Å²) in [4.78, 5) is 17.0. The van der Waals surface area contributed by atoms with Gasteiger partial charge >= 0.3 is 6.09 Å².